The van der Waals surface area contributed by atoms with Crippen LogP contribution in [0, 0.1) is 20.8 Å². The van der Waals surface area contributed by atoms with Crippen LogP contribution in [0.15, 0.2) is 105 Å². The van der Waals surface area contributed by atoms with E-state index >= 15 is 0 Å². The monoisotopic (exact) mass is 908 g/mol. The van der Waals surface area contributed by atoms with E-state index in [1.807, 2.05) is 17.9 Å². The molecule has 0 saturated carbocycles. The number of thiocarbonyl (C=S) groups is 1. The first-order valence-electron chi connectivity index (χ1n) is 20.0. The van der Waals surface area contributed by atoms with E-state index in [2.05, 4.69) is 25.7 Å². The van der Waals surface area contributed by atoms with Crippen LogP contribution >= 0.6 is 12.2 Å². The molecule has 1 amide bonds. The zero-order chi connectivity index (χ0) is 45.9. The topological polar surface area (TPSA) is 250 Å². The van der Waals surface area contributed by atoms with Crippen molar-refractivity contribution in [1.82, 2.24) is 19.9 Å². The maximum Gasteiger partial charge on any atom is 0.336 e. The first-order chi connectivity index (χ1) is 30.5. The molecule has 0 bridgehead atoms. The number of ether oxygens (including phenoxy) is 1. The van der Waals surface area contributed by atoms with Gasteiger partial charge in [-0.2, -0.15) is 4.72 Å². The highest BCUT2D eigenvalue weighted by Gasteiger charge is 2.35. The quantitative estimate of drug-likeness (QED) is 0.0523. The van der Waals surface area contributed by atoms with Crippen LogP contribution in [-0.2, 0) is 24.3 Å². The van der Waals surface area contributed by atoms with Crippen LogP contribution in [0.4, 0.5) is 11.5 Å². The van der Waals surface area contributed by atoms with E-state index in [0.717, 1.165) is 5.56 Å². The Bertz CT molecular complexity index is 2900. The predicted octanol–water partition coefficient (Wildman–Crippen LogP) is 5.11. The molecule has 2 aliphatic heterocycles. The first-order valence-corrected chi connectivity index (χ1v) is 21.9. The number of rotatable bonds is 15. The van der Waals surface area contributed by atoms with Crippen LogP contribution in [0.25, 0.3) is 33.4 Å². The Labute approximate surface area is 372 Å². The second-order valence-corrected chi connectivity index (χ2v) is 17.5. The molecule has 1 fully saturated rings. The number of hydrogen-bond acceptors (Lipinski definition) is 12. The van der Waals surface area contributed by atoms with E-state index in [0.29, 0.717) is 57.7 Å². The summed E-state index contributed by atoms with van der Waals surface area (Å²) in [7, 11) is -4.26. The number of aliphatic carboxylic acids is 1. The molecule has 3 heterocycles. The number of sulfonamides is 1. The van der Waals surface area contributed by atoms with Gasteiger partial charge in [0.15, 0.2) is 10.5 Å². The molecule has 1 saturated heterocycles. The summed E-state index contributed by atoms with van der Waals surface area (Å²) in [6.45, 7) is 4.61. The number of pyridine rings is 1. The molecule has 3 aliphatic rings. The van der Waals surface area contributed by atoms with Gasteiger partial charge < -0.3 is 45.3 Å². The van der Waals surface area contributed by atoms with E-state index in [-0.39, 0.29) is 50.7 Å². The van der Waals surface area contributed by atoms with Gasteiger partial charge in [0, 0.05) is 60.2 Å². The number of aromatic carboxylic acids is 1. The molecule has 0 unspecified atom stereocenters. The van der Waals surface area contributed by atoms with E-state index < -0.39 is 53.2 Å². The van der Waals surface area contributed by atoms with Gasteiger partial charge in [0.25, 0.3) is 0 Å². The number of amides is 1. The van der Waals surface area contributed by atoms with Gasteiger partial charge in [-0.05, 0) is 105 Å². The average molecular weight is 909 g/mol. The lowest BCUT2D eigenvalue weighted by Crippen LogP contribution is -2.49. The van der Waals surface area contributed by atoms with E-state index in [9.17, 15) is 42.9 Å². The minimum Gasteiger partial charge on any atom is -0.508 e. The highest BCUT2D eigenvalue weighted by atomic mass is 32.2. The number of anilines is 2. The number of nitrogens with zero attached hydrogens (tertiary/aromatic N) is 2. The van der Waals surface area contributed by atoms with Crippen molar-refractivity contribution in [3.63, 3.8) is 0 Å². The zero-order valence-corrected chi connectivity index (χ0v) is 36.4. The molecule has 3 aromatic carbocycles. The minimum atomic E-state index is -4.26. The zero-order valence-electron chi connectivity index (χ0n) is 34.7. The Balaban J connectivity index is 1.06. The number of aromatic nitrogens is 1. The third-order valence-electron chi connectivity index (χ3n) is 10.7. The number of carbonyl (C=O) groups is 3. The predicted molar refractivity (Wildman–Crippen MR) is 242 cm³/mol. The van der Waals surface area contributed by atoms with Crippen molar-refractivity contribution >= 4 is 67.7 Å². The van der Waals surface area contributed by atoms with Crippen LogP contribution in [0.1, 0.15) is 33.5 Å². The van der Waals surface area contributed by atoms with Crippen molar-refractivity contribution in [3.8, 4) is 28.2 Å². The summed E-state index contributed by atoms with van der Waals surface area (Å²) in [4.78, 5) is 56.4. The summed E-state index contributed by atoms with van der Waals surface area (Å²) in [6, 6.07) is 20.2. The van der Waals surface area contributed by atoms with Gasteiger partial charge in [-0.3, -0.25) is 14.4 Å². The standard InChI is InChI=1S/C45H44N6O11S2/c1-24-14-25(2)42(26(3)15-24)64(59,60)50-36(44(57)58)21-48-40(54)23-61-31-17-28(20-47-39-6-4-5-13-46-39)51(22-31)45(63)49-27-7-10-32(35(16-27)43(55)56)41-33-11-8-29(52)18-37(33)62-38-19-30(53)9-12-34(38)41/h4-16,18-19,28,31,36,50,52H,17,20-23H2,1-3H3,(H,46,47)(H,48,54)(H,49,63)(H,55,56)(H,57,58)/t28-,31+,36-/m0/s1. The van der Waals surface area contributed by atoms with Crippen LogP contribution in [0.5, 0.6) is 5.75 Å². The molecule has 3 atom stereocenters. The van der Waals surface area contributed by atoms with Crippen molar-refractivity contribution in [2.24, 2.45) is 0 Å². The lowest BCUT2D eigenvalue weighted by Gasteiger charge is -2.28. The van der Waals surface area contributed by atoms with Crippen LogP contribution in [0.3, 0.4) is 0 Å². The van der Waals surface area contributed by atoms with Gasteiger partial charge in [-0.25, -0.2) is 18.2 Å². The molecule has 0 spiro atoms. The number of phenolic OH excluding ortho intramolecular Hbond substituents is 1. The van der Waals surface area contributed by atoms with Gasteiger partial charge in [0.2, 0.25) is 15.9 Å². The fraction of sp³-hybridized carbons (Fsp3) is 0.244. The van der Waals surface area contributed by atoms with E-state index in [4.69, 9.17) is 21.4 Å². The molecule has 7 rings (SSSR count). The molecule has 19 heteroatoms. The van der Waals surface area contributed by atoms with Crippen molar-refractivity contribution < 1.29 is 47.3 Å². The molecule has 1 aliphatic carbocycles. The summed E-state index contributed by atoms with van der Waals surface area (Å²) < 4.78 is 40.6. The Morgan fingerprint density at radius 3 is 2.42 bits per heavy atom. The Morgan fingerprint density at radius 2 is 1.72 bits per heavy atom. The van der Waals surface area contributed by atoms with Gasteiger partial charge in [-0.15, -0.1) is 0 Å². The maximum atomic E-state index is 13.3. The fourth-order valence-corrected chi connectivity index (χ4v) is 9.95. The third kappa shape index (κ3) is 10.1. The lowest BCUT2D eigenvalue weighted by atomic mass is 9.90. The molecular weight excluding hydrogens is 865 g/mol. The summed E-state index contributed by atoms with van der Waals surface area (Å²) in [5.41, 5.74) is 3.28. The van der Waals surface area contributed by atoms with Crippen LogP contribution < -0.4 is 26.1 Å². The molecule has 17 nitrogen and oxygen atoms in total. The maximum absolute atomic E-state index is 13.3. The van der Waals surface area contributed by atoms with Gasteiger partial charge in [0.05, 0.1) is 22.6 Å². The highest BCUT2D eigenvalue weighted by molar-refractivity contribution is 7.89. The van der Waals surface area contributed by atoms with Crippen molar-refractivity contribution in [1.29, 1.82) is 0 Å². The molecule has 4 aromatic rings. The Morgan fingerprint density at radius 1 is 0.969 bits per heavy atom. The van der Waals surface area contributed by atoms with E-state index in [1.165, 1.54) is 30.3 Å². The largest absolute Gasteiger partial charge is 0.508 e. The summed E-state index contributed by atoms with van der Waals surface area (Å²) in [5.74, 6) is -2.64. The van der Waals surface area contributed by atoms with Crippen LogP contribution in [0.2, 0.25) is 0 Å². The number of carbonyl (C=O) groups excluding carboxylic acids is 1. The Kier molecular flexibility index (Phi) is 13.3. The summed E-state index contributed by atoms with van der Waals surface area (Å²) in [5, 5.41) is 40.2. The molecule has 332 valence electrons. The smallest absolute Gasteiger partial charge is 0.336 e. The second kappa shape index (κ2) is 18.8. The molecule has 1 aromatic heterocycles. The van der Waals surface area contributed by atoms with Gasteiger partial charge in [-0.1, -0.05) is 29.8 Å². The molecular formula is C45H44N6O11S2. The van der Waals surface area contributed by atoms with Crippen molar-refractivity contribution in [3.05, 3.63) is 124 Å². The van der Waals surface area contributed by atoms with Gasteiger partial charge >= 0.3 is 11.9 Å². The van der Waals surface area contributed by atoms with Crippen LogP contribution in [-0.4, -0.2) is 101 Å². The van der Waals surface area contributed by atoms with Crippen molar-refractivity contribution in [2.75, 3.05) is 36.9 Å². The number of likely N-dealkylation sites (tertiary alicyclic amines) is 1. The lowest BCUT2D eigenvalue weighted by molar-refractivity contribution is -0.139. The van der Waals surface area contributed by atoms with Gasteiger partial charge in [0.1, 0.15) is 35.6 Å². The minimum absolute atomic E-state index is 0.0295. The molecule has 64 heavy (non-hydrogen) atoms. The summed E-state index contributed by atoms with van der Waals surface area (Å²) in [6.07, 6.45) is 1.49. The average Bonchev–Trinajstić information content (AvgIpc) is 3.65. The number of fused-ring (bicyclic) bond motifs is 2. The number of aryl methyl sites for hydroxylation is 3. The summed E-state index contributed by atoms with van der Waals surface area (Å²) >= 11 is 5.89. The number of phenols is 1. The van der Waals surface area contributed by atoms with Crippen molar-refractivity contribution in [2.45, 2.75) is 50.3 Å². The number of carboxylic acids is 2. The highest BCUT2D eigenvalue weighted by Crippen LogP contribution is 2.42. The normalized spacial score (nSPS) is 15.5. The van der Waals surface area contributed by atoms with E-state index in [1.54, 1.807) is 68.6 Å². The molecule has 7 N–H and O–H groups in total. The number of carboxylic acid groups (broad SMARTS) is 2. The molecule has 0 radical (unpaired) electrons. The number of hydrogen-bond donors (Lipinski definition) is 7. The number of benzene rings is 4. The Hall–Kier alpha value is -6.93. The number of nitrogens with one attached hydrogen (secondary N) is 4. The first kappa shape index (κ1) is 45.1. The number of aromatic hydroxyl groups is 1. The SMILES string of the molecule is Cc1cc(C)c(S(=O)(=O)N[C@@H](CNC(=O)CO[C@@H]2C[C@@H](CNc3ccccn3)N(C(=S)Nc3ccc(-c4c5ccc(=O)cc-5oc5cc(O)ccc45)c(C(=O)O)c3)C2)C(=O)O)c(C)c1. The third-order valence-corrected chi connectivity index (χ3v) is 12.8. The second-order valence-electron chi connectivity index (χ2n) is 15.4. The fourth-order valence-electron chi connectivity index (χ4n) is 7.96.